The van der Waals surface area contributed by atoms with Crippen molar-refractivity contribution in [2.24, 2.45) is 0 Å². The number of hydrogen-bond donors (Lipinski definition) is 1. The molecule has 0 spiro atoms. The van der Waals surface area contributed by atoms with E-state index in [0.717, 1.165) is 39.1 Å². The average molecular weight is 351 g/mol. The Morgan fingerprint density at radius 1 is 0.923 bits per heavy atom. The number of carbonyl (C=O) groups excluding carboxylic acids is 1. The van der Waals surface area contributed by atoms with Gasteiger partial charge >= 0.3 is 0 Å². The highest BCUT2D eigenvalue weighted by Gasteiger charge is 2.15. The molecule has 26 heavy (non-hydrogen) atoms. The van der Waals surface area contributed by atoms with Gasteiger partial charge in [0, 0.05) is 45.7 Å². The Morgan fingerprint density at radius 3 is 2.31 bits per heavy atom. The minimum atomic E-state index is 0.114. The molecule has 0 bridgehead atoms. The van der Waals surface area contributed by atoms with Gasteiger partial charge in [-0.05, 0) is 30.2 Å². The van der Waals surface area contributed by atoms with E-state index in [2.05, 4.69) is 58.6 Å². The summed E-state index contributed by atoms with van der Waals surface area (Å²) in [5, 5.41) is 3.09. The number of nitrogens with zero attached hydrogens (tertiary/aromatic N) is 2. The first-order chi connectivity index (χ1) is 12.7. The van der Waals surface area contributed by atoms with Gasteiger partial charge in [0.25, 0.3) is 0 Å². The first-order valence-corrected chi connectivity index (χ1v) is 9.49. The number of aryl methyl sites for hydroxylation is 1. The lowest BCUT2D eigenvalue weighted by molar-refractivity contribution is -0.121. The highest BCUT2D eigenvalue weighted by atomic mass is 16.1. The van der Waals surface area contributed by atoms with Crippen molar-refractivity contribution < 1.29 is 4.79 Å². The fourth-order valence-corrected chi connectivity index (χ4v) is 3.32. The van der Waals surface area contributed by atoms with E-state index >= 15 is 0 Å². The van der Waals surface area contributed by atoms with Crippen molar-refractivity contribution in [2.45, 2.75) is 25.9 Å². The molecule has 0 radical (unpaired) electrons. The Morgan fingerprint density at radius 2 is 1.58 bits per heavy atom. The van der Waals surface area contributed by atoms with Crippen molar-refractivity contribution in [2.75, 3.05) is 33.2 Å². The quantitative estimate of drug-likeness (QED) is 0.833. The second-order valence-electron chi connectivity index (χ2n) is 7.11. The van der Waals surface area contributed by atoms with Gasteiger partial charge in [0.1, 0.15) is 0 Å². The summed E-state index contributed by atoms with van der Waals surface area (Å²) in [4.78, 5) is 17.1. The fourth-order valence-electron chi connectivity index (χ4n) is 3.32. The smallest absolute Gasteiger partial charge is 0.220 e. The zero-order chi connectivity index (χ0) is 18.2. The molecule has 0 aromatic heterocycles. The van der Waals surface area contributed by atoms with Gasteiger partial charge in [-0.3, -0.25) is 9.69 Å². The van der Waals surface area contributed by atoms with Gasteiger partial charge in [0.05, 0.1) is 0 Å². The van der Waals surface area contributed by atoms with Crippen LogP contribution in [-0.4, -0.2) is 48.9 Å². The fraction of sp³-hybridized carbons (Fsp3) is 0.409. The lowest BCUT2D eigenvalue weighted by Gasteiger charge is -2.32. The van der Waals surface area contributed by atoms with Crippen molar-refractivity contribution in [3.63, 3.8) is 0 Å². The van der Waals surface area contributed by atoms with Crippen LogP contribution in [-0.2, 0) is 24.3 Å². The summed E-state index contributed by atoms with van der Waals surface area (Å²) in [6, 6.07) is 18.6. The molecule has 2 aromatic carbocycles. The molecular formula is C22H29N3O. The number of amides is 1. The Hall–Kier alpha value is -2.17. The first-order valence-electron chi connectivity index (χ1n) is 9.49. The van der Waals surface area contributed by atoms with Crippen LogP contribution in [0.1, 0.15) is 23.1 Å². The molecule has 0 aliphatic carbocycles. The second-order valence-corrected chi connectivity index (χ2v) is 7.11. The van der Waals surface area contributed by atoms with Crippen LogP contribution in [0.4, 0.5) is 0 Å². The number of rotatable bonds is 7. The topological polar surface area (TPSA) is 35.6 Å². The van der Waals surface area contributed by atoms with Crippen LogP contribution >= 0.6 is 0 Å². The van der Waals surface area contributed by atoms with Gasteiger partial charge in [-0.2, -0.15) is 0 Å². The third-order valence-corrected chi connectivity index (χ3v) is 5.07. The summed E-state index contributed by atoms with van der Waals surface area (Å²) in [6.45, 7) is 6.03. The summed E-state index contributed by atoms with van der Waals surface area (Å²) in [5.41, 5.74) is 3.75. The first kappa shape index (κ1) is 18.6. The third kappa shape index (κ3) is 5.68. The van der Waals surface area contributed by atoms with Crippen LogP contribution in [0.2, 0.25) is 0 Å². The zero-order valence-electron chi connectivity index (χ0n) is 15.7. The molecule has 0 atom stereocenters. The molecule has 4 nitrogen and oxygen atoms in total. The monoisotopic (exact) mass is 351 g/mol. The average Bonchev–Trinajstić information content (AvgIpc) is 2.68. The zero-order valence-corrected chi connectivity index (χ0v) is 15.7. The number of hydrogen-bond acceptors (Lipinski definition) is 3. The van der Waals surface area contributed by atoms with Gasteiger partial charge in [-0.15, -0.1) is 0 Å². The third-order valence-electron chi connectivity index (χ3n) is 5.07. The predicted molar refractivity (Wildman–Crippen MR) is 106 cm³/mol. The Kier molecular flexibility index (Phi) is 6.81. The number of nitrogens with one attached hydrogen (secondary N) is 1. The normalized spacial score (nSPS) is 15.7. The lowest BCUT2D eigenvalue weighted by Crippen LogP contribution is -2.44. The molecule has 0 unspecified atom stereocenters. The van der Waals surface area contributed by atoms with Crippen molar-refractivity contribution in [1.82, 2.24) is 15.1 Å². The number of likely N-dealkylation sites (N-methyl/N-ethyl adjacent to an activating group) is 1. The summed E-state index contributed by atoms with van der Waals surface area (Å²) in [7, 11) is 2.18. The molecule has 1 heterocycles. The molecule has 4 heteroatoms. The number of benzene rings is 2. The van der Waals surface area contributed by atoms with E-state index in [1.54, 1.807) is 0 Å². The molecule has 1 saturated heterocycles. The van der Waals surface area contributed by atoms with Gasteiger partial charge in [0.15, 0.2) is 0 Å². The largest absolute Gasteiger partial charge is 0.352 e. The SMILES string of the molecule is CN1CCN(Cc2ccccc2CNC(=O)CCc2ccccc2)CC1. The summed E-state index contributed by atoms with van der Waals surface area (Å²) < 4.78 is 0. The maximum absolute atomic E-state index is 12.2. The molecule has 1 fully saturated rings. The second kappa shape index (κ2) is 9.51. The molecule has 1 amide bonds. The molecule has 1 aliphatic heterocycles. The van der Waals surface area contributed by atoms with Crippen LogP contribution in [0.25, 0.3) is 0 Å². The van der Waals surface area contributed by atoms with Gasteiger partial charge in [-0.25, -0.2) is 0 Å². The Balaban J connectivity index is 1.49. The van der Waals surface area contributed by atoms with Crippen LogP contribution in [0.15, 0.2) is 54.6 Å². The minimum absolute atomic E-state index is 0.114. The lowest BCUT2D eigenvalue weighted by atomic mass is 10.1. The summed E-state index contributed by atoms with van der Waals surface area (Å²) >= 11 is 0. The van der Waals surface area contributed by atoms with Crippen LogP contribution < -0.4 is 5.32 Å². The van der Waals surface area contributed by atoms with Crippen LogP contribution in [0.5, 0.6) is 0 Å². The predicted octanol–water partition coefficient (Wildman–Crippen LogP) is 2.68. The van der Waals surface area contributed by atoms with Crippen molar-refractivity contribution in [1.29, 1.82) is 0 Å². The van der Waals surface area contributed by atoms with E-state index in [1.807, 2.05) is 18.2 Å². The maximum Gasteiger partial charge on any atom is 0.220 e. The molecule has 138 valence electrons. The van der Waals surface area contributed by atoms with Crippen molar-refractivity contribution >= 4 is 5.91 Å². The van der Waals surface area contributed by atoms with Crippen LogP contribution in [0.3, 0.4) is 0 Å². The molecule has 1 N–H and O–H groups in total. The standard InChI is InChI=1S/C22H29N3O/c1-24-13-15-25(16-14-24)18-21-10-6-5-9-20(21)17-23-22(26)12-11-19-7-3-2-4-8-19/h2-10H,11-18H2,1H3,(H,23,26). The van der Waals surface area contributed by atoms with Gasteiger partial charge in [0.2, 0.25) is 5.91 Å². The summed E-state index contributed by atoms with van der Waals surface area (Å²) in [5.74, 6) is 0.114. The highest BCUT2D eigenvalue weighted by molar-refractivity contribution is 5.76. The number of carbonyl (C=O) groups is 1. The van der Waals surface area contributed by atoms with E-state index in [0.29, 0.717) is 13.0 Å². The molecular weight excluding hydrogens is 322 g/mol. The Labute approximate surface area is 156 Å². The van der Waals surface area contributed by atoms with Crippen molar-refractivity contribution in [3.8, 4) is 0 Å². The molecule has 0 saturated carbocycles. The molecule has 2 aromatic rings. The van der Waals surface area contributed by atoms with E-state index < -0.39 is 0 Å². The molecule has 3 rings (SSSR count). The van der Waals surface area contributed by atoms with Gasteiger partial charge in [-0.1, -0.05) is 54.6 Å². The van der Waals surface area contributed by atoms with E-state index in [-0.39, 0.29) is 5.91 Å². The van der Waals surface area contributed by atoms with E-state index in [1.165, 1.54) is 16.7 Å². The minimum Gasteiger partial charge on any atom is -0.352 e. The highest BCUT2D eigenvalue weighted by Crippen LogP contribution is 2.13. The number of piperazine rings is 1. The molecule has 1 aliphatic rings. The Bertz CT molecular complexity index is 694. The van der Waals surface area contributed by atoms with Gasteiger partial charge < -0.3 is 10.2 Å². The maximum atomic E-state index is 12.2. The summed E-state index contributed by atoms with van der Waals surface area (Å²) in [6.07, 6.45) is 1.32. The van der Waals surface area contributed by atoms with Crippen molar-refractivity contribution in [3.05, 3.63) is 71.3 Å². The van der Waals surface area contributed by atoms with E-state index in [4.69, 9.17) is 0 Å². The van der Waals surface area contributed by atoms with Crippen LogP contribution in [0, 0.1) is 0 Å². The van der Waals surface area contributed by atoms with E-state index in [9.17, 15) is 4.79 Å².